The average Bonchev–Trinajstić information content (AvgIpc) is 2.52. The Kier molecular flexibility index (Phi) is 7.26. The maximum absolute atomic E-state index is 12.2. The molecule has 1 heterocycles. The van der Waals surface area contributed by atoms with Crippen molar-refractivity contribution in [3.8, 4) is 0 Å². The second-order valence-corrected chi connectivity index (χ2v) is 7.66. The third-order valence-corrected chi connectivity index (χ3v) is 4.91. The first-order valence-corrected chi connectivity index (χ1v) is 9.37. The summed E-state index contributed by atoms with van der Waals surface area (Å²) >= 11 is 0. The number of urea groups is 1. The van der Waals surface area contributed by atoms with Gasteiger partial charge in [0, 0.05) is 44.8 Å². The van der Waals surface area contributed by atoms with Crippen LogP contribution in [0.3, 0.4) is 0 Å². The summed E-state index contributed by atoms with van der Waals surface area (Å²) in [5.74, 6) is 0. The van der Waals surface area contributed by atoms with Gasteiger partial charge in [0.25, 0.3) is 0 Å². The normalized spacial score (nSPS) is 18.6. The highest BCUT2D eigenvalue weighted by Gasteiger charge is 2.17. The van der Waals surface area contributed by atoms with Gasteiger partial charge in [0.2, 0.25) is 0 Å². The molecule has 5 nitrogen and oxygen atoms in total. The quantitative estimate of drug-likeness (QED) is 0.830. The minimum absolute atomic E-state index is 0.0705. The summed E-state index contributed by atoms with van der Waals surface area (Å²) in [5, 5.41) is 6.14. The fourth-order valence-corrected chi connectivity index (χ4v) is 3.41. The lowest BCUT2D eigenvalue weighted by atomic mass is 10.00. The average molecular weight is 347 g/mol. The van der Waals surface area contributed by atoms with E-state index >= 15 is 0 Å². The Balaban J connectivity index is 1.73. The molecule has 0 aromatic heterocycles. The Labute approximate surface area is 152 Å². The molecule has 1 fully saturated rings. The topological polar surface area (TPSA) is 47.6 Å². The molecule has 5 heteroatoms. The van der Waals surface area contributed by atoms with Gasteiger partial charge < -0.3 is 15.5 Å². The molecule has 2 N–H and O–H groups in total. The minimum Gasteiger partial charge on any atom is -0.335 e. The number of hydrogen-bond acceptors (Lipinski definition) is 3. The summed E-state index contributed by atoms with van der Waals surface area (Å²) in [4.78, 5) is 17.0. The van der Waals surface area contributed by atoms with E-state index in [9.17, 15) is 4.79 Å². The van der Waals surface area contributed by atoms with Crippen molar-refractivity contribution in [3.63, 3.8) is 0 Å². The number of carbonyl (C=O) groups excluding carboxylic acids is 1. The van der Waals surface area contributed by atoms with Crippen molar-refractivity contribution in [3.05, 3.63) is 34.9 Å². The summed E-state index contributed by atoms with van der Waals surface area (Å²) in [6.45, 7) is 13.6. The molecule has 0 spiro atoms. The lowest BCUT2D eigenvalue weighted by Crippen LogP contribution is -2.52. The van der Waals surface area contributed by atoms with Crippen LogP contribution in [-0.4, -0.2) is 67.7 Å². The fraction of sp³-hybridized carbons (Fsp3) is 0.650. The van der Waals surface area contributed by atoms with Crippen LogP contribution in [0.25, 0.3) is 0 Å². The first-order chi connectivity index (χ1) is 11.8. The van der Waals surface area contributed by atoms with E-state index in [1.165, 1.54) is 16.7 Å². The maximum Gasteiger partial charge on any atom is 0.315 e. The third kappa shape index (κ3) is 6.67. The largest absolute Gasteiger partial charge is 0.335 e. The standard InChI is InChI=1S/C20H34N4O/c1-15-6-7-19(16(2)12-15)13-17(3)21-20(25)22-18(4)14-24-10-8-23(5)9-11-24/h6-7,12,17-18H,8-11,13-14H2,1-5H3,(H2,21,22,25)/t17-,18-/m0/s1. The summed E-state index contributed by atoms with van der Waals surface area (Å²) in [5.41, 5.74) is 3.86. The number of likely N-dealkylation sites (N-methyl/N-ethyl adjacent to an activating group) is 1. The molecule has 140 valence electrons. The molecule has 25 heavy (non-hydrogen) atoms. The van der Waals surface area contributed by atoms with Crippen molar-refractivity contribution in [2.75, 3.05) is 39.8 Å². The van der Waals surface area contributed by atoms with Crippen LogP contribution in [0.4, 0.5) is 4.79 Å². The van der Waals surface area contributed by atoms with Gasteiger partial charge in [0.15, 0.2) is 0 Å². The number of rotatable bonds is 6. The number of nitrogens with zero attached hydrogens (tertiary/aromatic N) is 2. The lowest BCUT2D eigenvalue weighted by Gasteiger charge is -2.34. The molecule has 0 saturated carbocycles. The summed E-state index contributed by atoms with van der Waals surface area (Å²) < 4.78 is 0. The summed E-state index contributed by atoms with van der Waals surface area (Å²) in [6, 6.07) is 6.68. The number of nitrogens with one attached hydrogen (secondary N) is 2. The molecule has 0 radical (unpaired) electrons. The molecule has 1 aromatic rings. The van der Waals surface area contributed by atoms with Crippen LogP contribution in [0.2, 0.25) is 0 Å². The molecule has 0 unspecified atom stereocenters. The highest BCUT2D eigenvalue weighted by molar-refractivity contribution is 5.74. The van der Waals surface area contributed by atoms with Gasteiger partial charge in [-0.2, -0.15) is 0 Å². The molecule has 2 amide bonds. The van der Waals surface area contributed by atoms with Crippen molar-refractivity contribution in [2.24, 2.45) is 0 Å². The van der Waals surface area contributed by atoms with Crippen molar-refractivity contribution in [1.29, 1.82) is 0 Å². The van der Waals surface area contributed by atoms with E-state index in [-0.39, 0.29) is 18.1 Å². The minimum atomic E-state index is -0.0705. The highest BCUT2D eigenvalue weighted by atomic mass is 16.2. The predicted octanol–water partition coefficient (Wildman–Crippen LogP) is 2.17. The van der Waals surface area contributed by atoms with Gasteiger partial charge >= 0.3 is 6.03 Å². The second kappa shape index (κ2) is 9.20. The van der Waals surface area contributed by atoms with E-state index in [1.807, 2.05) is 0 Å². The summed E-state index contributed by atoms with van der Waals surface area (Å²) in [6.07, 6.45) is 0.854. The van der Waals surface area contributed by atoms with E-state index < -0.39 is 0 Å². The number of hydrogen-bond donors (Lipinski definition) is 2. The zero-order chi connectivity index (χ0) is 18.4. The van der Waals surface area contributed by atoms with Crippen LogP contribution < -0.4 is 10.6 Å². The molecule has 2 atom stereocenters. The van der Waals surface area contributed by atoms with Crippen molar-refractivity contribution in [2.45, 2.75) is 46.2 Å². The molecule has 0 aliphatic carbocycles. The van der Waals surface area contributed by atoms with Crippen LogP contribution >= 0.6 is 0 Å². The van der Waals surface area contributed by atoms with Gasteiger partial charge in [-0.25, -0.2) is 4.79 Å². The van der Waals surface area contributed by atoms with Gasteiger partial charge in [-0.3, -0.25) is 4.90 Å². The number of carbonyl (C=O) groups is 1. The van der Waals surface area contributed by atoms with Gasteiger partial charge in [0.05, 0.1) is 0 Å². The van der Waals surface area contributed by atoms with Gasteiger partial charge in [-0.1, -0.05) is 23.8 Å². The molecular weight excluding hydrogens is 312 g/mol. The first-order valence-electron chi connectivity index (χ1n) is 9.37. The first kappa shape index (κ1) is 19.7. The molecule has 1 saturated heterocycles. The van der Waals surface area contributed by atoms with E-state index in [0.717, 1.165) is 39.1 Å². The Hall–Kier alpha value is -1.59. The van der Waals surface area contributed by atoms with E-state index in [1.54, 1.807) is 0 Å². The number of aryl methyl sites for hydroxylation is 2. The van der Waals surface area contributed by atoms with Crippen LogP contribution in [0.1, 0.15) is 30.5 Å². The monoisotopic (exact) mass is 346 g/mol. The number of benzene rings is 1. The van der Waals surface area contributed by atoms with Gasteiger partial charge in [-0.15, -0.1) is 0 Å². The van der Waals surface area contributed by atoms with E-state index in [2.05, 4.69) is 73.4 Å². The lowest BCUT2D eigenvalue weighted by molar-refractivity contribution is 0.144. The SMILES string of the molecule is Cc1ccc(C[C@H](C)NC(=O)N[C@@H](C)CN2CCN(C)CC2)c(C)c1. The smallest absolute Gasteiger partial charge is 0.315 e. The van der Waals surface area contributed by atoms with Crippen LogP contribution in [-0.2, 0) is 6.42 Å². The summed E-state index contributed by atoms with van der Waals surface area (Å²) in [7, 11) is 2.16. The molecule has 1 aliphatic heterocycles. The van der Waals surface area contributed by atoms with Crippen molar-refractivity contribution < 1.29 is 4.79 Å². The van der Waals surface area contributed by atoms with E-state index in [0.29, 0.717) is 0 Å². The molecular formula is C20H34N4O. The number of amides is 2. The van der Waals surface area contributed by atoms with Gasteiger partial charge in [-0.05, 0) is 52.3 Å². The Morgan fingerprint density at radius 3 is 2.36 bits per heavy atom. The van der Waals surface area contributed by atoms with Crippen LogP contribution in [0.5, 0.6) is 0 Å². The van der Waals surface area contributed by atoms with Gasteiger partial charge in [0.1, 0.15) is 0 Å². The Bertz CT molecular complexity index is 567. The van der Waals surface area contributed by atoms with Crippen LogP contribution in [0.15, 0.2) is 18.2 Å². The van der Waals surface area contributed by atoms with E-state index in [4.69, 9.17) is 0 Å². The van der Waals surface area contributed by atoms with Crippen LogP contribution in [0, 0.1) is 13.8 Å². The van der Waals surface area contributed by atoms with Crippen molar-refractivity contribution in [1.82, 2.24) is 20.4 Å². The third-order valence-electron chi connectivity index (χ3n) is 4.91. The second-order valence-electron chi connectivity index (χ2n) is 7.66. The van der Waals surface area contributed by atoms with Crippen molar-refractivity contribution >= 4 is 6.03 Å². The Morgan fingerprint density at radius 1 is 1.08 bits per heavy atom. The molecule has 2 rings (SSSR count). The Morgan fingerprint density at radius 2 is 1.72 bits per heavy atom. The number of piperazine rings is 1. The maximum atomic E-state index is 12.2. The zero-order valence-electron chi connectivity index (χ0n) is 16.4. The predicted molar refractivity (Wildman–Crippen MR) is 104 cm³/mol. The zero-order valence-corrected chi connectivity index (χ0v) is 16.4. The molecule has 1 aromatic carbocycles. The molecule has 1 aliphatic rings. The highest BCUT2D eigenvalue weighted by Crippen LogP contribution is 2.12. The molecule has 0 bridgehead atoms. The fourth-order valence-electron chi connectivity index (χ4n) is 3.41.